The molecule has 2 N–H and O–H groups in total. The Hall–Kier alpha value is -1.46. The van der Waals surface area contributed by atoms with Crippen LogP contribution in [0.3, 0.4) is 0 Å². The fourth-order valence-electron chi connectivity index (χ4n) is 1.70. The zero-order chi connectivity index (χ0) is 12.8. The molecule has 0 radical (unpaired) electrons. The summed E-state index contributed by atoms with van der Waals surface area (Å²) in [5.41, 5.74) is 9.15. The molecule has 0 amide bonds. The molecule has 2 heteroatoms. The monoisotopic (exact) mass is 231 g/mol. The van der Waals surface area contributed by atoms with Crippen LogP contribution < -0.4 is 10.5 Å². The van der Waals surface area contributed by atoms with E-state index in [0.717, 1.165) is 35.3 Å². The molecule has 0 aromatic heterocycles. The van der Waals surface area contributed by atoms with Crippen LogP contribution in [0.15, 0.2) is 12.1 Å². The first-order chi connectivity index (χ1) is 8.08. The molecule has 1 atom stereocenters. The molecule has 2 nitrogen and oxygen atoms in total. The molecular formula is C15H21NO. The molecule has 0 spiro atoms. The lowest BCUT2D eigenvalue weighted by Gasteiger charge is -2.07. The lowest BCUT2D eigenvalue weighted by molar-refractivity contribution is 0.411. The summed E-state index contributed by atoms with van der Waals surface area (Å²) in [6.45, 7) is 6.18. The molecule has 0 heterocycles. The smallest absolute Gasteiger partial charge is 0.122 e. The highest BCUT2D eigenvalue weighted by Gasteiger charge is 2.03. The summed E-state index contributed by atoms with van der Waals surface area (Å²) in [7, 11) is 1.68. The van der Waals surface area contributed by atoms with Crippen LogP contribution in [0, 0.1) is 25.7 Å². The highest BCUT2D eigenvalue weighted by molar-refractivity contribution is 5.49. The van der Waals surface area contributed by atoms with Crippen molar-refractivity contribution in [2.45, 2.75) is 39.7 Å². The minimum Gasteiger partial charge on any atom is -0.496 e. The van der Waals surface area contributed by atoms with Crippen LogP contribution in [0.1, 0.15) is 36.5 Å². The van der Waals surface area contributed by atoms with E-state index >= 15 is 0 Å². The fourth-order valence-corrected chi connectivity index (χ4v) is 1.70. The number of methoxy groups -OCH3 is 1. The predicted octanol–water partition coefficient (Wildman–Crippen LogP) is 2.79. The van der Waals surface area contributed by atoms with Gasteiger partial charge < -0.3 is 10.5 Å². The van der Waals surface area contributed by atoms with Gasteiger partial charge in [0.25, 0.3) is 0 Å². The van der Waals surface area contributed by atoms with E-state index < -0.39 is 0 Å². The maximum atomic E-state index is 5.88. The van der Waals surface area contributed by atoms with E-state index in [4.69, 9.17) is 10.5 Å². The van der Waals surface area contributed by atoms with E-state index in [9.17, 15) is 0 Å². The van der Waals surface area contributed by atoms with Crippen LogP contribution in [0.5, 0.6) is 5.75 Å². The molecule has 0 bridgehead atoms. The Morgan fingerprint density at radius 1 is 1.29 bits per heavy atom. The number of rotatable bonds is 3. The van der Waals surface area contributed by atoms with Gasteiger partial charge in [-0.15, -0.1) is 0 Å². The number of hydrogen-bond acceptors (Lipinski definition) is 2. The minimum atomic E-state index is -0.0261. The van der Waals surface area contributed by atoms with Gasteiger partial charge in [0.2, 0.25) is 0 Å². The predicted molar refractivity (Wildman–Crippen MR) is 72.2 cm³/mol. The lowest BCUT2D eigenvalue weighted by atomic mass is 10.0. The van der Waals surface area contributed by atoms with Gasteiger partial charge in [0.15, 0.2) is 0 Å². The van der Waals surface area contributed by atoms with Crippen molar-refractivity contribution in [2.75, 3.05) is 7.11 Å². The summed E-state index contributed by atoms with van der Waals surface area (Å²) in [6, 6.07) is 4.05. The van der Waals surface area contributed by atoms with E-state index in [1.165, 1.54) is 0 Å². The van der Waals surface area contributed by atoms with Crippen molar-refractivity contribution >= 4 is 0 Å². The fraction of sp³-hybridized carbons (Fsp3) is 0.467. The SMILES string of the molecule is CCCC(N)C#Cc1cc(C)c(OC)cc1C. The second-order valence-electron chi connectivity index (χ2n) is 4.30. The van der Waals surface area contributed by atoms with Crippen LogP contribution in [-0.4, -0.2) is 13.2 Å². The van der Waals surface area contributed by atoms with E-state index in [2.05, 4.69) is 24.8 Å². The van der Waals surface area contributed by atoms with E-state index in [1.54, 1.807) is 7.11 Å². The summed E-state index contributed by atoms with van der Waals surface area (Å²) >= 11 is 0. The molecule has 17 heavy (non-hydrogen) atoms. The highest BCUT2D eigenvalue weighted by atomic mass is 16.5. The number of ether oxygens (including phenoxy) is 1. The first-order valence-electron chi connectivity index (χ1n) is 6.00. The molecule has 1 unspecified atom stereocenters. The Morgan fingerprint density at radius 3 is 2.59 bits per heavy atom. The Balaban J connectivity index is 2.95. The molecule has 0 saturated carbocycles. The average Bonchev–Trinajstić information content (AvgIpc) is 2.30. The summed E-state index contributed by atoms with van der Waals surface area (Å²) in [5, 5.41) is 0. The van der Waals surface area contributed by atoms with E-state index in [-0.39, 0.29) is 6.04 Å². The molecule has 1 aromatic rings. The van der Waals surface area contributed by atoms with Crippen molar-refractivity contribution in [3.63, 3.8) is 0 Å². The Morgan fingerprint density at radius 2 is 2.00 bits per heavy atom. The van der Waals surface area contributed by atoms with Gasteiger partial charge in [-0.3, -0.25) is 0 Å². The maximum Gasteiger partial charge on any atom is 0.122 e. The van der Waals surface area contributed by atoms with Gasteiger partial charge in [0, 0.05) is 5.56 Å². The Kier molecular flexibility index (Phi) is 5.06. The highest BCUT2D eigenvalue weighted by Crippen LogP contribution is 2.21. The summed E-state index contributed by atoms with van der Waals surface area (Å²) in [5.74, 6) is 7.16. The van der Waals surface area contributed by atoms with Gasteiger partial charge in [-0.2, -0.15) is 0 Å². The Bertz CT molecular complexity index is 440. The van der Waals surface area contributed by atoms with Crippen LogP contribution in [0.4, 0.5) is 0 Å². The van der Waals surface area contributed by atoms with E-state index in [0.29, 0.717) is 0 Å². The van der Waals surface area contributed by atoms with Crippen LogP contribution in [0.25, 0.3) is 0 Å². The second kappa shape index (κ2) is 6.32. The van der Waals surface area contributed by atoms with Gasteiger partial charge in [0.05, 0.1) is 13.2 Å². The topological polar surface area (TPSA) is 35.2 Å². The summed E-state index contributed by atoms with van der Waals surface area (Å²) < 4.78 is 5.27. The standard InChI is InChI=1S/C15H21NO/c1-5-6-14(16)8-7-13-9-12(3)15(17-4)10-11(13)2/h9-10,14H,5-6,16H2,1-4H3. The first-order valence-corrected chi connectivity index (χ1v) is 6.00. The molecule has 0 fully saturated rings. The molecule has 1 rings (SSSR count). The molecule has 0 saturated heterocycles. The van der Waals surface area contributed by atoms with Gasteiger partial charge in [-0.05, 0) is 43.5 Å². The van der Waals surface area contributed by atoms with Crippen molar-refractivity contribution in [2.24, 2.45) is 5.73 Å². The quantitative estimate of drug-likeness (QED) is 0.812. The lowest BCUT2D eigenvalue weighted by Crippen LogP contribution is -2.16. The minimum absolute atomic E-state index is 0.0261. The normalized spacial score (nSPS) is 11.6. The number of aryl methyl sites for hydroxylation is 2. The maximum absolute atomic E-state index is 5.88. The van der Waals surface area contributed by atoms with Gasteiger partial charge in [-0.1, -0.05) is 25.2 Å². The molecule has 0 aliphatic rings. The van der Waals surface area contributed by atoms with Crippen molar-refractivity contribution < 1.29 is 4.74 Å². The zero-order valence-corrected chi connectivity index (χ0v) is 11.1. The first kappa shape index (κ1) is 13.6. The molecule has 0 aliphatic carbocycles. The average molecular weight is 231 g/mol. The van der Waals surface area contributed by atoms with Crippen molar-refractivity contribution in [1.29, 1.82) is 0 Å². The number of benzene rings is 1. The van der Waals surface area contributed by atoms with Gasteiger partial charge in [0.1, 0.15) is 5.75 Å². The third-order valence-corrected chi connectivity index (χ3v) is 2.73. The Labute approximate surface area is 104 Å². The third-order valence-electron chi connectivity index (χ3n) is 2.73. The molecule has 1 aromatic carbocycles. The third kappa shape index (κ3) is 3.80. The van der Waals surface area contributed by atoms with Crippen molar-refractivity contribution in [3.05, 3.63) is 28.8 Å². The van der Waals surface area contributed by atoms with E-state index in [1.807, 2.05) is 19.9 Å². The number of hydrogen-bond donors (Lipinski definition) is 1. The molecular weight excluding hydrogens is 210 g/mol. The molecule has 0 aliphatic heterocycles. The zero-order valence-electron chi connectivity index (χ0n) is 11.1. The van der Waals surface area contributed by atoms with Crippen LogP contribution in [0.2, 0.25) is 0 Å². The molecule has 92 valence electrons. The van der Waals surface area contributed by atoms with Crippen LogP contribution in [-0.2, 0) is 0 Å². The van der Waals surface area contributed by atoms with Gasteiger partial charge >= 0.3 is 0 Å². The summed E-state index contributed by atoms with van der Waals surface area (Å²) in [6.07, 6.45) is 2.01. The second-order valence-corrected chi connectivity index (χ2v) is 4.30. The largest absolute Gasteiger partial charge is 0.496 e. The number of nitrogens with two attached hydrogens (primary N) is 1. The van der Waals surface area contributed by atoms with Crippen molar-refractivity contribution in [1.82, 2.24) is 0 Å². The van der Waals surface area contributed by atoms with Gasteiger partial charge in [-0.25, -0.2) is 0 Å². The summed E-state index contributed by atoms with van der Waals surface area (Å²) in [4.78, 5) is 0. The van der Waals surface area contributed by atoms with Crippen LogP contribution >= 0.6 is 0 Å². The van der Waals surface area contributed by atoms with Crippen molar-refractivity contribution in [3.8, 4) is 17.6 Å².